The van der Waals surface area contributed by atoms with Gasteiger partial charge in [0.15, 0.2) is 0 Å². The Balaban J connectivity index is 0.000000241. The van der Waals surface area contributed by atoms with Crippen molar-refractivity contribution >= 4 is 42.8 Å². The number of sulfonamides is 2. The van der Waals surface area contributed by atoms with E-state index in [0.717, 1.165) is 22.5 Å². The van der Waals surface area contributed by atoms with Gasteiger partial charge in [0.1, 0.15) is 0 Å². The van der Waals surface area contributed by atoms with Gasteiger partial charge in [-0.25, -0.2) is 26.3 Å². The van der Waals surface area contributed by atoms with Crippen LogP contribution in [0, 0.1) is 0 Å². The van der Waals surface area contributed by atoms with Gasteiger partial charge in [-0.15, -0.1) is 0 Å². The van der Waals surface area contributed by atoms with Gasteiger partial charge < -0.3 is 22.9 Å². The van der Waals surface area contributed by atoms with Crippen LogP contribution in [0.3, 0.4) is 0 Å². The number of hydrogen-bond donors (Lipinski definition) is 6. The Morgan fingerprint density at radius 3 is 1.21 bits per heavy atom. The standard InChI is InChI=1S/C14H18N4O4S2.C12H12N2/c15-11-3-1-5-13(9-11)23(19,20)17-7-8-18-24(21,22)14-6-2-4-12(16)10-14;13-11-7-3-1-5-9(11)10-6-2-4-8-12(10)14/h1-6,9-10,17-18H,7-8,15-16H2;1-8H,13-14H2. The van der Waals surface area contributed by atoms with Crippen molar-refractivity contribution in [3.8, 4) is 11.1 Å². The molecule has 0 atom stereocenters. The van der Waals surface area contributed by atoms with Crippen molar-refractivity contribution in [1.29, 1.82) is 0 Å². The van der Waals surface area contributed by atoms with Gasteiger partial charge in [0.25, 0.3) is 0 Å². The van der Waals surface area contributed by atoms with E-state index < -0.39 is 20.0 Å². The number of nitrogens with two attached hydrogens (primary N) is 4. The van der Waals surface area contributed by atoms with Crippen molar-refractivity contribution in [3.63, 3.8) is 0 Å². The normalized spacial score (nSPS) is 11.4. The molecular weight excluding hydrogens is 524 g/mol. The summed E-state index contributed by atoms with van der Waals surface area (Å²) in [5.41, 5.74) is 27.0. The zero-order valence-electron chi connectivity index (χ0n) is 20.4. The Hall–Kier alpha value is -4.10. The third-order valence-electron chi connectivity index (χ3n) is 5.26. The number of rotatable bonds is 8. The lowest BCUT2D eigenvalue weighted by atomic mass is 10.0. The summed E-state index contributed by atoms with van der Waals surface area (Å²) in [7, 11) is -7.51. The minimum Gasteiger partial charge on any atom is -0.399 e. The van der Waals surface area contributed by atoms with Crippen molar-refractivity contribution in [1.82, 2.24) is 9.44 Å². The van der Waals surface area contributed by atoms with Crippen LogP contribution in [0.15, 0.2) is 107 Å². The molecule has 4 rings (SSSR count). The first-order chi connectivity index (χ1) is 18.0. The number of nitrogen functional groups attached to an aromatic ring is 4. The Morgan fingerprint density at radius 2 is 0.868 bits per heavy atom. The lowest BCUT2D eigenvalue weighted by Gasteiger charge is -2.09. The van der Waals surface area contributed by atoms with Gasteiger partial charge in [0, 0.05) is 47.0 Å². The van der Waals surface area contributed by atoms with Crippen molar-refractivity contribution < 1.29 is 16.8 Å². The fourth-order valence-electron chi connectivity index (χ4n) is 3.39. The summed E-state index contributed by atoms with van der Waals surface area (Å²) in [6.45, 7) is -0.225. The predicted octanol–water partition coefficient (Wildman–Crippen LogP) is 2.63. The first-order valence-electron chi connectivity index (χ1n) is 11.4. The van der Waals surface area contributed by atoms with Crippen LogP contribution >= 0.6 is 0 Å². The number of para-hydroxylation sites is 2. The van der Waals surface area contributed by atoms with Crippen LogP contribution in [0.1, 0.15) is 0 Å². The number of anilines is 4. The maximum absolute atomic E-state index is 12.1. The predicted molar refractivity (Wildman–Crippen MR) is 153 cm³/mol. The SMILES string of the molecule is Nc1cccc(S(=O)(=O)NCCNS(=O)(=O)c2cccc(N)c2)c1.Nc1ccccc1-c1ccccc1N. The van der Waals surface area contributed by atoms with E-state index in [1.807, 2.05) is 48.5 Å². The average molecular weight is 555 g/mol. The van der Waals surface area contributed by atoms with Gasteiger partial charge in [0.2, 0.25) is 20.0 Å². The summed E-state index contributed by atoms with van der Waals surface area (Å²) < 4.78 is 52.9. The largest absolute Gasteiger partial charge is 0.399 e. The molecule has 0 spiro atoms. The van der Waals surface area contributed by atoms with Gasteiger partial charge in [-0.2, -0.15) is 0 Å². The highest BCUT2D eigenvalue weighted by molar-refractivity contribution is 7.90. The van der Waals surface area contributed by atoms with E-state index in [0.29, 0.717) is 11.4 Å². The van der Waals surface area contributed by atoms with Crippen molar-refractivity contribution in [2.45, 2.75) is 9.79 Å². The molecule has 12 heteroatoms. The molecule has 0 saturated heterocycles. The molecule has 200 valence electrons. The van der Waals surface area contributed by atoms with Crippen LogP contribution in [-0.2, 0) is 20.0 Å². The van der Waals surface area contributed by atoms with E-state index in [1.165, 1.54) is 36.4 Å². The molecule has 10 N–H and O–H groups in total. The van der Waals surface area contributed by atoms with E-state index in [2.05, 4.69) is 9.44 Å². The molecule has 10 nitrogen and oxygen atoms in total. The Bertz CT molecular complexity index is 1490. The maximum atomic E-state index is 12.1. The Kier molecular flexibility index (Phi) is 9.31. The van der Waals surface area contributed by atoms with Crippen LogP contribution in [0.2, 0.25) is 0 Å². The molecule has 0 unspecified atom stereocenters. The van der Waals surface area contributed by atoms with Crippen molar-refractivity contribution in [3.05, 3.63) is 97.1 Å². The van der Waals surface area contributed by atoms with E-state index in [1.54, 1.807) is 12.1 Å². The summed E-state index contributed by atoms with van der Waals surface area (Å²) >= 11 is 0. The summed E-state index contributed by atoms with van der Waals surface area (Å²) in [5.74, 6) is 0. The van der Waals surface area contributed by atoms with Gasteiger partial charge >= 0.3 is 0 Å². The second-order valence-corrected chi connectivity index (χ2v) is 11.6. The zero-order valence-corrected chi connectivity index (χ0v) is 22.0. The lowest BCUT2D eigenvalue weighted by Crippen LogP contribution is -2.34. The van der Waals surface area contributed by atoms with Crippen LogP contribution < -0.4 is 32.4 Å². The molecule has 0 saturated carbocycles. The lowest BCUT2D eigenvalue weighted by molar-refractivity contribution is 0.570. The molecule has 0 aliphatic carbocycles. The Morgan fingerprint density at radius 1 is 0.500 bits per heavy atom. The summed E-state index contributed by atoms with van der Waals surface area (Å²) in [5, 5.41) is 0. The minimum atomic E-state index is -3.76. The first-order valence-corrected chi connectivity index (χ1v) is 14.4. The van der Waals surface area contributed by atoms with Crippen molar-refractivity contribution in [2.75, 3.05) is 36.0 Å². The second kappa shape index (κ2) is 12.4. The molecule has 0 aliphatic rings. The van der Waals surface area contributed by atoms with Gasteiger partial charge in [0.05, 0.1) is 9.79 Å². The highest BCUT2D eigenvalue weighted by atomic mass is 32.2. The molecular formula is C26H30N6O4S2. The summed E-state index contributed by atoms with van der Waals surface area (Å²) in [6.07, 6.45) is 0. The molecule has 0 radical (unpaired) electrons. The van der Waals surface area contributed by atoms with Crippen molar-refractivity contribution in [2.24, 2.45) is 0 Å². The van der Waals surface area contributed by atoms with E-state index in [-0.39, 0.29) is 22.9 Å². The van der Waals surface area contributed by atoms with E-state index in [4.69, 9.17) is 22.9 Å². The quantitative estimate of drug-likeness (QED) is 0.141. The van der Waals surface area contributed by atoms with Crippen LogP contribution in [0.25, 0.3) is 11.1 Å². The second-order valence-electron chi connectivity index (χ2n) is 8.12. The van der Waals surface area contributed by atoms with E-state index >= 15 is 0 Å². The fraction of sp³-hybridized carbons (Fsp3) is 0.0769. The average Bonchev–Trinajstić information content (AvgIpc) is 2.88. The number of nitrogens with one attached hydrogen (secondary N) is 2. The summed E-state index contributed by atoms with van der Waals surface area (Å²) in [6, 6.07) is 27.1. The molecule has 0 fully saturated rings. The van der Waals surface area contributed by atoms with Gasteiger partial charge in [-0.05, 0) is 48.5 Å². The highest BCUT2D eigenvalue weighted by Gasteiger charge is 2.16. The maximum Gasteiger partial charge on any atom is 0.240 e. The third kappa shape index (κ3) is 7.70. The molecule has 0 amide bonds. The number of benzene rings is 4. The van der Waals surface area contributed by atoms with E-state index in [9.17, 15) is 16.8 Å². The molecule has 4 aromatic carbocycles. The van der Waals surface area contributed by atoms with Crippen LogP contribution in [-0.4, -0.2) is 29.9 Å². The smallest absolute Gasteiger partial charge is 0.240 e. The molecule has 38 heavy (non-hydrogen) atoms. The first kappa shape index (κ1) is 28.5. The van der Waals surface area contributed by atoms with Gasteiger partial charge in [-0.1, -0.05) is 48.5 Å². The third-order valence-corrected chi connectivity index (χ3v) is 8.18. The molecule has 0 bridgehead atoms. The van der Waals surface area contributed by atoms with Crippen LogP contribution in [0.5, 0.6) is 0 Å². The highest BCUT2D eigenvalue weighted by Crippen LogP contribution is 2.29. The summed E-state index contributed by atoms with van der Waals surface area (Å²) in [4.78, 5) is 0.0300. The number of hydrogen-bond acceptors (Lipinski definition) is 8. The minimum absolute atomic E-state index is 0.0150. The topological polar surface area (TPSA) is 196 Å². The Labute approximate surface area is 222 Å². The molecule has 0 aliphatic heterocycles. The van der Waals surface area contributed by atoms with Crippen LogP contribution in [0.4, 0.5) is 22.7 Å². The zero-order chi connectivity index (χ0) is 27.8. The molecule has 4 aromatic rings. The fourth-order valence-corrected chi connectivity index (χ4v) is 5.56. The van der Waals surface area contributed by atoms with Gasteiger partial charge in [-0.3, -0.25) is 0 Å². The molecule has 0 aromatic heterocycles. The monoisotopic (exact) mass is 554 g/mol. The molecule has 0 heterocycles.